The molecule has 0 fully saturated rings. The molecule has 0 spiro atoms. The van der Waals surface area contributed by atoms with Gasteiger partial charge in [-0.15, -0.1) is 0 Å². The predicted octanol–water partition coefficient (Wildman–Crippen LogP) is 3.78. The summed E-state index contributed by atoms with van der Waals surface area (Å²) in [6.07, 6.45) is 2.27. The van der Waals surface area contributed by atoms with E-state index in [1.54, 1.807) is 0 Å². The van der Waals surface area contributed by atoms with E-state index in [9.17, 15) is 0 Å². The normalized spacial score (nSPS) is 13.7. The molecule has 0 aliphatic rings. The van der Waals surface area contributed by atoms with Crippen LogP contribution in [0.5, 0.6) is 0 Å². The minimum Gasteiger partial charge on any atom is -0.386 e. The molecule has 18 heavy (non-hydrogen) atoms. The van der Waals surface area contributed by atoms with Crippen LogP contribution in [0.15, 0.2) is 0 Å². The Balaban J connectivity index is 5.44. The average Bonchev–Trinajstić information content (AvgIpc) is 2.31. The lowest BCUT2D eigenvalue weighted by atomic mass is 9.99. The van der Waals surface area contributed by atoms with Crippen molar-refractivity contribution in [2.24, 2.45) is 5.92 Å². The van der Waals surface area contributed by atoms with E-state index in [1.807, 2.05) is 14.2 Å². The fourth-order valence-electron chi connectivity index (χ4n) is 2.59. The van der Waals surface area contributed by atoms with Crippen LogP contribution >= 0.6 is 0 Å². The second-order valence-electron chi connectivity index (χ2n) is 5.85. The minimum absolute atomic E-state index is 0.0564. The molecule has 3 nitrogen and oxygen atoms in total. The van der Waals surface area contributed by atoms with Gasteiger partial charge in [0.15, 0.2) is 0 Å². The molecule has 0 aromatic rings. The molecule has 110 valence electrons. The predicted molar refractivity (Wildman–Crippen MR) is 80.8 cm³/mol. The maximum Gasteiger partial charge on any atom is 0.433 e. The standard InChI is InChI=1S/C14H33NO2Si/c1-9-11-15(12-10-2)18(16-7,17-8)14(5,6)13(3)4/h13H,9-12H2,1-8H3. The van der Waals surface area contributed by atoms with Crippen molar-refractivity contribution in [3.63, 3.8) is 0 Å². The van der Waals surface area contributed by atoms with Gasteiger partial charge in [0.05, 0.1) is 0 Å². The second kappa shape index (κ2) is 7.63. The molecule has 4 heteroatoms. The van der Waals surface area contributed by atoms with E-state index in [0.717, 1.165) is 25.9 Å². The van der Waals surface area contributed by atoms with Gasteiger partial charge in [0.1, 0.15) is 0 Å². The lowest BCUT2D eigenvalue weighted by Crippen LogP contribution is -2.65. The second-order valence-corrected chi connectivity index (χ2v) is 9.75. The molecular formula is C14H33NO2Si. The van der Waals surface area contributed by atoms with Crippen molar-refractivity contribution in [3.8, 4) is 0 Å². The highest BCUT2D eigenvalue weighted by Crippen LogP contribution is 2.46. The lowest BCUT2D eigenvalue weighted by Gasteiger charge is -2.49. The van der Waals surface area contributed by atoms with E-state index in [4.69, 9.17) is 8.85 Å². The maximum absolute atomic E-state index is 6.02. The molecule has 0 atom stereocenters. The molecule has 0 aromatic heterocycles. The van der Waals surface area contributed by atoms with E-state index < -0.39 is 8.72 Å². The van der Waals surface area contributed by atoms with Crippen LogP contribution in [-0.4, -0.2) is 40.6 Å². The van der Waals surface area contributed by atoms with Crippen molar-refractivity contribution in [1.82, 2.24) is 4.57 Å². The van der Waals surface area contributed by atoms with Crippen LogP contribution in [0.4, 0.5) is 0 Å². The van der Waals surface area contributed by atoms with Gasteiger partial charge in [0.2, 0.25) is 0 Å². The molecule has 0 N–H and O–H groups in total. The Morgan fingerprint density at radius 2 is 1.39 bits per heavy atom. The number of rotatable bonds is 9. The van der Waals surface area contributed by atoms with Crippen LogP contribution in [-0.2, 0) is 8.85 Å². The Labute approximate surface area is 115 Å². The van der Waals surface area contributed by atoms with Crippen LogP contribution in [0.2, 0.25) is 5.04 Å². The van der Waals surface area contributed by atoms with Crippen molar-refractivity contribution in [1.29, 1.82) is 0 Å². The average molecular weight is 276 g/mol. The molecule has 0 heterocycles. The number of hydrogen-bond donors (Lipinski definition) is 0. The first-order valence-electron chi connectivity index (χ1n) is 7.19. The summed E-state index contributed by atoms with van der Waals surface area (Å²) in [6, 6.07) is 0. The highest BCUT2D eigenvalue weighted by Gasteiger charge is 2.57. The van der Waals surface area contributed by atoms with Crippen LogP contribution in [0.25, 0.3) is 0 Å². The molecular weight excluding hydrogens is 242 g/mol. The summed E-state index contributed by atoms with van der Waals surface area (Å²) in [4.78, 5) is 0. The topological polar surface area (TPSA) is 21.7 Å². The summed E-state index contributed by atoms with van der Waals surface area (Å²) in [5, 5.41) is 0.0564. The number of nitrogens with zero attached hydrogens (tertiary/aromatic N) is 1. The Bertz CT molecular complexity index is 222. The first kappa shape index (κ1) is 18.1. The van der Waals surface area contributed by atoms with Gasteiger partial charge in [-0.05, 0) is 31.8 Å². The van der Waals surface area contributed by atoms with Crippen LogP contribution < -0.4 is 0 Å². The van der Waals surface area contributed by atoms with Gasteiger partial charge in [0.25, 0.3) is 0 Å². The third kappa shape index (κ3) is 3.35. The molecule has 0 bridgehead atoms. The molecule has 0 radical (unpaired) electrons. The van der Waals surface area contributed by atoms with Crippen LogP contribution in [0.3, 0.4) is 0 Å². The molecule has 0 saturated carbocycles. The molecule has 0 amide bonds. The third-order valence-electron chi connectivity index (χ3n) is 4.21. The van der Waals surface area contributed by atoms with Crippen molar-refractivity contribution < 1.29 is 8.85 Å². The molecule has 0 unspecified atom stereocenters. The smallest absolute Gasteiger partial charge is 0.386 e. The molecule has 0 aromatic carbocycles. The van der Waals surface area contributed by atoms with Gasteiger partial charge in [-0.3, -0.25) is 4.57 Å². The molecule has 0 rings (SSSR count). The Kier molecular flexibility index (Phi) is 7.67. The van der Waals surface area contributed by atoms with Gasteiger partial charge in [-0.2, -0.15) is 0 Å². The van der Waals surface area contributed by atoms with Crippen molar-refractivity contribution in [2.75, 3.05) is 27.3 Å². The largest absolute Gasteiger partial charge is 0.433 e. The quantitative estimate of drug-likeness (QED) is 0.598. The zero-order chi connectivity index (χ0) is 14.4. The van der Waals surface area contributed by atoms with E-state index in [-0.39, 0.29) is 5.04 Å². The third-order valence-corrected chi connectivity index (χ3v) is 8.81. The highest BCUT2D eigenvalue weighted by molar-refractivity contribution is 6.67. The fraction of sp³-hybridized carbons (Fsp3) is 1.00. The summed E-state index contributed by atoms with van der Waals surface area (Å²) in [5.41, 5.74) is 0. The Hall–Kier alpha value is 0.0969. The zero-order valence-corrected chi connectivity index (χ0v) is 14.7. The van der Waals surface area contributed by atoms with E-state index in [2.05, 4.69) is 46.1 Å². The summed E-state index contributed by atoms with van der Waals surface area (Å²) >= 11 is 0. The fourth-order valence-corrected chi connectivity index (χ4v) is 6.90. The summed E-state index contributed by atoms with van der Waals surface area (Å²) in [7, 11) is 1.26. The Morgan fingerprint density at radius 1 is 1.00 bits per heavy atom. The van der Waals surface area contributed by atoms with Crippen LogP contribution in [0, 0.1) is 5.92 Å². The van der Waals surface area contributed by atoms with E-state index in [1.165, 1.54) is 0 Å². The van der Waals surface area contributed by atoms with Gasteiger partial charge in [0, 0.05) is 19.3 Å². The lowest BCUT2D eigenvalue weighted by molar-refractivity contribution is 0.120. The van der Waals surface area contributed by atoms with Gasteiger partial charge < -0.3 is 8.85 Å². The highest BCUT2D eigenvalue weighted by atomic mass is 28.4. The molecule has 0 saturated heterocycles. The van der Waals surface area contributed by atoms with E-state index in [0.29, 0.717) is 5.92 Å². The van der Waals surface area contributed by atoms with Crippen molar-refractivity contribution in [2.45, 2.75) is 59.4 Å². The van der Waals surface area contributed by atoms with E-state index >= 15 is 0 Å². The van der Waals surface area contributed by atoms with Crippen molar-refractivity contribution >= 4 is 8.72 Å². The van der Waals surface area contributed by atoms with Gasteiger partial charge in [-0.1, -0.05) is 41.5 Å². The summed E-state index contributed by atoms with van der Waals surface area (Å²) < 4.78 is 14.5. The summed E-state index contributed by atoms with van der Waals surface area (Å²) in [5.74, 6) is 0.528. The van der Waals surface area contributed by atoms with Gasteiger partial charge in [-0.25, -0.2) is 0 Å². The SMILES string of the molecule is CCCN(CCC)[Si](OC)(OC)C(C)(C)C(C)C. The maximum atomic E-state index is 6.02. The first-order chi connectivity index (χ1) is 8.33. The van der Waals surface area contributed by atoms with Crippen LogP contribution in [0.1, 0.15) is 54.4 Å². The molecule has 0 aliphatic carbocycles. The summed E-state index contributed by atoms with van der Waals surface area (Å²) in [6.45, 7) is 15.6. The monoisotopic (exact) mass is 275 g/mol. The molecule has 0 aliphatic heterocycles. The zero-order valence-electron chi connectivity index (χ0n) is 13.7. The van der Waals surface area contributed by atoms with Crippen molar-refractivity contribution in [3.05, 3.63) is 0 Å². The number of hydrogen-bond acceptors (Lipinski definition) is 3. The first-order valence-corrected chi connectivity index (χ1v) is 8.95. The Morgan fingerprint density at radius 3 is 1.61 bits per heavy atom. The minimum atomic E-state index is -2.37. The van der Waals surface area contributed by atoms with Gasteiger partial charge >= 0.3 is 8.72 Å².